The van der Waals surface area contributed by atoms with E-state index in [1.165, 1.54) is 9.36 Å². The summed E-state index contributed by atoms with van der Waals surface area (Å²) in [6, 6.07) is 0. The standard InChI is InChI=1S/C56H92Br2N6O12/c1-9-17-29-41(13-5)37-73-53(67)47-49(55(69)75-39-43(15-7)31-19-11-3)63(61-59-47)33-25-21-23-27-35-71-51(65)45(57)46(58)52(66)72-36-28-24-22-26-34-64-50(56(70)76-40-44(16-8)32-20-12-4)48(60-62-64)54(68)74-38-42(14-6)30-18-10-2/h41-44H,9-40H2,1-8H3/b46-45+. The maximum Gasteiger partial charge on any atom is 0.361 e. The molecule has 0 aliphatic carbocycles. The number of rotatable bonds is 44. The highest BCUT2D eigenvalue weighted by molar-refractivity contribution is 9.14. The summed E-state index contributed by atoms with van der Waals surface area (Å²) in [6.45, 7) is 18.6. The van der Waals surface area contributed by atoms with Crippen LogP contribution in [0.15, 0.2) is 8.96 Å². The molecule has 4 unspecified atom stereocenters. The third-order valence-electron chi connectivity index (χ3n) is 13.8. The summed E-state index contributed by atoms with van der Waals surface area (Å²) in [4.78, 5) is 79.1. The molecule has 0 radical (unpaired) electrons. The van der Waals surface area contributed by atoms with Crippen molar-refractivity contribution in [3.05, 3.63) is 31.7 Å². The fourth-order valence-corrected chi connectivity index (χ4v) is 8.88. The Kier molecular flexibility index (Phi) is 36.6. The molecule has 4 atom stereocenters. The topological polar surface area (TPSA) is 219 Å². The van der Waals surface area contributed by atoms with Gasteiger partial charge in [-0.05, 0) is 120 Å². The average molecular weight is 1200 g/mol. The Morgan fingerprint density at radius 2 is 0.684 bits per heavy atom. The van der Waals surface area contributed by atoms with Crippen LogP contribution in [0.4, 0.5) is 0 Å². The van der Waals surface area contributed by atoms with E-state index in [9.17, 15) is 28.8 Å². The largest absolute Gasteiger partial charge is 0.462 e. The smallest absolute Gasteiger partial charge is 0.361 e. The van der Waals surface area contributed by atoms with Crippen LogP contribution in [-0.4, -0.2) is 105 Å². The fraction of sp³-hybridized carbons (Fsp3) is 0.786. The summed E-state index contributed by atoms with van der Waals surface area (Å²) in [6.07, 6.45) is 20.7. The summed E-state index contributed by atoms with van der Waals surface area (Å²) in [5.74, 6) is -3.26. The number of unbranched alkanes of at least 4 members (excludes halogenated alkanes) is 10. The van der Waals surface area contributed by atoms with Crippen LogP contribution in [0.1, 0.15) is 251 Å². The Balaban J connectivity index is 1.87. The van der Waals surface area contributed by atoms with Crippen molar-refractivity contribution in [3.63, 3.8) is 0 Å². The van der Waals surface area contributed by atoms with Gasteiger partial charge in [-0.25, -0.2) is 38.1 Å². The lowest BCUT2D eigenvalue weighted by molar-refractivity contribution is -0.141. The Morgan fingerprint density at radius 3 is 0.974 bits per heavy atom. The first-order valence-corrected chi connectivity index (χ1v) is 30.3. The number of carbonyl (C=O) groups excluding carboxylic acids is 6. The van der Waals surface area contributed by atoms with Gasteiger partial charge in [0.25, 0.3) is 0 Å². The van der Waals surface area contributed by atoms with Crippen molar-refractivity contribution in [1.82, 2.24) is 30.0 Å². The molecule has 0 amide bonds. The van der Waals surface area contributed by atoms with Gasteiger partial charge < -0.3 is 28.4 Å². The molecule has 2 heterocycles. The predicted molar refractivity (Wildman–Crippen MR) is 298 cm³/mol. The van der Waals surface area contributed by atoms with E-state index in [1.807, 2.05) is 0 Å². The lowest BCUT2D eigenvalue weighted by Crippen LogP contribution is -2.22. The predicted octanol–water partition coefficient (Wildman–Crippen LogP) is 13.3. The number of aromatic nitrogens is 6. The highest BCUT2D eigenvalue weighted by atomic mass is 79.9. The SMILES string of the molecule is CCCCC(CC)COC(=O)c1nnn(CCCCCCOC(=O)/C(Br)=C(\Br)C(=O)OCCCCCCn2nnc(C(=O)OCC(CC)CCCC)c2C(=O)OCC(CC)CCCC)c1C(=O)OCC(CC)CCCC. The number of esters is 6. The van der Waals surface area contributed by atoms with Gasteiger partial charge in [-0.1, -0.05) is 156 Å². The van der Waals surface area contributed by atoms with Gasteiger partial charge in [-0.15, -0.1) is 10.2 Å². The summed E-state index contributed by atoms with van der Waals surface area (Å²) >= 11 is 6.34. The average Bonchev–Trinajstić information content (AvgIpc) is 4.07. The van der Waals surface area contributed by atoms with E-state index in [-0.39, 0.29) is 95.1 Å². The van der Waals surface area contributed by atoms with Crippen LogP contribution in [0, 0.1) is 23.7 Å². The van der Waals surface area contributed by atoms with Crippen molar-refractivity contribution in [2.24, 2.45) is 23.7 Å². The molecule has 0 aromatic carbocycles. The van der Waals surface area contributed by atoms with Crippen LogP contribution in [0.5, 0.6) is 0 Å². The number of hydrogen-bond donors (Lipinski definition) is 0. The summed E-state index contributed by atoms with van der Waals surface area (Å²) < 4.78 is 36.2. The van der Waals surface area contributed by atoms with Crippen LogP contribution >= 0.6 is 31.9 Å². The van der Waals surface area contributed by atoms with Crippen LogP contribution in [-0.2, 0) is 51.1 Å². The summed E-state index contributed by atoms with van der Waals surface area (Å²) in [5, 5.41) is 16.5. The second-order valence-corrected chi connectivity index (χ2v) is 21.4. The van der Waals surface area contributed by atoms with E-state index in [2.05, 4.69) is 108 Å². The van der Waals surface area contributed by atoms with E-state index in [1.54, 1.807) is 0 Å². The third-order valence-corrected chi connectivity index (χ3v) is 15.7. The van der Waals surface area contributed by atoms with E-state index in [0.717, 1.165) is 103 Å². The second-order valence-electron chi connectivity index (χ2n) is 19.8. The molecule has 0 spiro atoms. The maximum absolute atomic E-state index is 13.5. The van der Waals surface area contributed by atoms with E-state index in [4.69, 9.17) is 28.4 Å². The van der Waals surface area contributed by atoms with Gasteiger partial charge in [0.2, 0.25) is 11.4 Å². The van der Waals surface area contributed by atoms with Gasteiger partial charge in [0.05, 0.1) is 39.6 Å². The first-order valence-electron chi connectivity index (χ1n) is 28.7. The molecular weight excluding hydrogens is 1110 g/mol. The van der Waals surface area contributed by atoms with Gasteiger partial charge in [-0.2, -0.15) is 0 Å². The van der Waals surface area contributed by atoms with Gasteiger partial charge in [-0.3, -0.25) is 0 Å². The molecule has 76 heavy (non-hydrogen) atoms. The van der Waals surface area contributed by atoms with Gasteiger partial charge in [0.1, 0.15) is 8.96 Å². The zero-order valence-corrected chi connectivity index (χ0v) is 50.4. The van der Waals surface area contributed by atoms with Crippen molar-refractivity contribution in [2.45, 2.75) is 223 Å². The van der Waals surface area contributed by atoms with Crippen molar-refractivity contribution in [1.29, 1.82) is 0 Å². The Hall–Kier alpha value is -4.20. The molecular formula is C56H92Br2N6O12. The fourth-order valence-electron chi connectivity index (χ4n) is 8.33. The van der Waals surface area contributed by atoms with Gasteiger partial charge in [0, 0.05) is 13.1 Å². The Labute approximate surface area is 470 Å². The minimum atomic E-state index is -0.726. The molecule has 18 nitrogen and oxygen atoms in total. The van der Waals surface area contributed by atoms with Crippen LogP contribution in [0.3, 0.4) is 0 Å². The second kappa shape index (κ2) is 40.9. The monoisotopic (exact) mass is 1200 g/mol. The third kappa shape index (κ3) is 25.5. The quantitative estimate of drug-likeness (QED) is 0.0261. The number of ether oxygens (including phenoxy) is 6. The van der Waals surface area contributed by atoms with Crippen molar-refractivity contribution < 1.29 is 57.2 Å². The molecule has 0 aliphatic rings. The van der Waals surface area contributed by atoms with Crippen molar-refractivity contribution in [2.75, 3.05) is 39.6 Å². The molecule has 0 fully saturated rings. The van der Waals surface area contributed by atoms with Crippen LogP contribution in [0.25, 0.3) is 0 Å². The van der Waals surface area contributed by atoms with Crippen molar-refractivity contribution >= 4 is 67.7 Å². The number of halogens is 2. The van der Waals surface area contributed by atoms with Crippen molar-refractivity contribution in [3.8, 4) is 0 Å². The van der Waals surface area contributed by atoms with E-state index >= 15 is 0 Å². The molecule has 2 aromatic heterocycles. The molecule has 0 saturated heterocycles. The highest BCUT2D eigenvalue weighted by Crippen LogP contribution is 2.23. The normalized spacial score (nSPS) is 13.3. The lowest BCUT2D eigenvalue weighted by Gasteiger charge is -2.16. The van der Waals surface area contributed by atoms with Crippen LogP contribution in [0.2, 0.25) is 0 Å². The van der Waals surface area contributed by atoms with Gasteiger partial charge in [0.15, 0.2) is 11.4 Å². The lowest BCUT2D eigenvalue weighted by atomic mass is 10.0. The summed E-state index contributed by atoms with van der Waals surface area (Å²) in [5.41, 5.74) is -0.296. The molecule has 0 aliphatic heterocycles. The Bertz CT molecular complexity index is 1900. The Morgan fingerprint density at radius 1 is 0.395 bits per heavy atom. The number of carbonyl (C=O) groups is 6. The molecule has 2 aromatic rings. The van der Waals surface area contributed by atoms with Gasteiger partial charge >= 0.3 is 35.8 Å². The first-order chi connectivity index (χ1) is 36.7. The van der Waals surface area contributed by atoms with E-state index < -0.39 is 35.8 Å². The molecule has 20 heteroatoms. The number of hydrogen-bond acceptors (Lipinski definition) is 16. The number of aryl methyl sites for hydroxylation is 2. The molecule has 2 rings (SSSR count). The zero-order valence-electron chi connectivity index (χ0n) is 47.3. The molecule has 0 saturated carbocycles. The molecule has 0 N–H and O–H groups in total. The zero-order chi connectivity index (χ0) is 56.1. The first kappa shape index (κ1) is 67.9. The number of nitrogens with zero attached hydrogens (tertiary/aromatic N) is 6. The minimum absolute atomic E-state index is 0.00618. The maximum atomic E-state index is 13.5. The molecule has 432 valence electrons. The minimum Gasteiger partial charge on any atom is -0.462 e. The van der Waals surface area contributed by atoms with Crippen LogP contribution < -0.4 is 0 Å². The highest BCUT2D eigenvalue weighted by Gasteiger charge is 2.31. The van der Waals surface area contributed by atoms with E-state index in [0.29, 0.717) is 64.5 Å². The molecule has 0 bridgehead atoms. The summed E-state index contributed by atoms with van der Waals surface area (Å²) in [7, 11) is 0.